The van der Waals surface area contributed by atoms with E-state index in [1.54, 1.807) is 31.2 Å². The predicted molar refractivity (Wildman–Crippen MR) is 122 cm³/mol. The molecule has 1 aliphatic rings. The monoisotopic (exact) mass is 451 g/mol. The summed E-state index contributed by atoms with van der Waals surface area (Å²) in [6.07, 6.45) is 1.45. The van der Waals surface area contributed by atoms with Crippen molar-refractivity contribution in [1.29, 1.82) is 0 Å². The lowest BCUT2D eigenvalue weighted by atomic mass is 10.2. The first kappa shape index (κ1) is 22.4. The zero-order valence-corrected chi connectivity index (χ0v) is 19.3. The zero-order valence-electron chi connectivity index (χ0n) is 17.6. The largest absolute Gasteiger partial charge is 0.372 e. The van der Waals surface area contributed by atoms with Crippen LogP contribution in [0.15, 0.2) is 47.4 Å². The zero-order chi connectivity index (χ0) is 21.9. The highest BCUT2D eigenvalue weighted by Crippen LogP contribution is 2.28. The Labute approximate surface area is 179 Å². The number of benzene rings is 2. The van der Waals surface area contributed by atoms with E-state index in [1.165, 1.54) is 10.4 Å². The fraction of sp³-hybridized carbons (Fsp3) is 0.429. The summed E-state index contributed by atoms with van der Waals surface area (Å²) in [5, 5.41) is 0. The van der Waals surface area contributed by atoms with Gasteiger partial charge in [0.25, 0.3) is 10.0 Å². The fourth-order valence-corrected chi connectivity index (χ4v) is 6.63. The van der Waals surface area contributed by atoms with Gasteiger partial charge in [-0.1, -0.05) is 0 Å². The Kier molecular flexibility index (Phi) is 6.62. The standard InChI is InChI=1S/C21H29N3O4S2/c1-4-23(5-2)19-10-8-18(9-11-19)22-30(27,28)21-13-12-20(16-17(21)3)24-14-6-7-15-29(24,25)26/h8-13,16,22H,4-7,14-15H2,1-3H3. The molecule has 0 saturated carbocycles. The normalized spacial score (nSPS) is 16.3. The molecule has 2 aromatic carbocycles. The highest BCUT2D eigenvalue weighted by molar-refractivity contribution is 7.93. The maximum Gasteiger partial charge on any atom is 0.262 e. The van der Waals surface area contributed by atoms with Crippen molar-refractivity contribution in [2.75, 3.05) is 39.3 Å². The second kappa shape index (κ2) is 8.85. The number of rotatable bonds is 7. The van der Waals surface area contributed by atoms with E-state index in [2.05, 4.69) is 23.5 Å². The van der Waals surface area contributed by atoms with Crippen LogP contribution >= 0.6 is 0 Å². The molecule has 1 fully saturated rings. The van der Waals surface area contributed by atoms with E-state index >= 15 is 0 Å². The SMILES string of the molecule is CCN(CC)c1ccc(NS(=O)(=O)c2ccc(N3CCCCS3(=O)=O)cc2C)cc1. The highest BCUT2D eigenvalue weighted by Gasteiger charge is 2.27. The third kappa shape index (κ3) is 4.73. The van der Waals surface area contributed by atoms with Gasteiger partial charge in [-0.2, -0.15) is 0 Å². The number of aryl methyl sites for hydroxylation is 1. The van der Waals surface area contributed by atoms with Crippen LogP contribution in [-0.4, -0.2) is 42.2 Å². The summed E-state index contributed by atoms with van der Waals surface area (Å²) >= 11 is 0. The summed E-state index contributed by atoms with van der Waals surface area (Å²) in [4.78, 5) is 2.31. The van der Waals surface area contributed by atoms with Crippen molar-refractivity contribution in [3.8, 4) is 0 Å². The van der Waals surface area contributed by atoms with Crippen LogP contribution in [0, 0.1) is 6.92 Å². The molecule has 1 heterocycles. The Bertz CT molecular complexity index is 1090. The summed E-state index contributed by atoms with van der Waals surface area (Å²) in [5.74, 6) is 0.122. The van der Waals surface area contributed by atoms with Crippen molar-refractivity contribution < 1.29 is 16.8 Å². The summed E-state index contributed by atoms with van der Waals surface area (Å²) in [5.41, 5.74) is 2.52. The van der Waals surface area contributed by atoms with Gasteiger partial charge in [0.05, 0.1) is 16.3 Å². The van der Waals surface area contributed by atoms with Gasteiger partial charge in [0.15, 0.2) is 0 Å². The topological polar surface area (TPSA) is 86.8 Å². The molecular formula is C21H29N3O4S2. The average molecular weight is 452 g/mol. The van der Waals surface area contributed by atoms with Gasteiger partial charge in [-0.15, -0.1) is 0 Å². The van der Waals surface area contributed by atoms with Crippen LogP contribution in [0.3, 0.4) is 0 Å². The molecule has 0 amide bonds. The van der Waals surface area contributed by atoms with Crippen LogP contribution in [0.4, 0.5) is 17.1 Å². The van der Waals surface area contributed by atoms with Crippen LogP contribution in [0.5, 0.6) is 0 Å². The number of anilines is 3. The van der Waals surface area contributed by atoms with Crippen molar-refractivity contribution in [3.05, 3.63) is 48.0 Å². The Morgan fingerprint density at radius 3 is 2.27 bits per heavy atom. The van der Waals surface area contributed by atoms with Gasteiger partial charge in [0, 0.05) is 31.0 Å². The van der Waals surface area contributed by atoms with E-state index in [1.807, 2.05) is 12.1 Å². The molecule has 30 heavy (non-hydrogen) atoms. The molecule has 7 nitrogen and oxygen atoms in total. The fourth-order valence-electron chi connectivity index (χ4n) is 3.71. The van der Waals surface area contributed by atoms with Crippen molar-refractivity contribution in [1.82, 2.24) is 0 Å². The maximum absolute atomic E-state index is 12.9. The Hall–Kier alpha value is -2.26. The molecule has 1 aliphatic heterocycles. The third-order valence-electron chi connectivity index (χ3n) is 5.33. The molecule has 9 heteroatoms. The van der Waals surface area contributed by atoms with Crippen molar-refractivity contribution in [3.63, 3.8) is 0 Å². The Morgan fingerprint density at radius 1 is 1.03 bits per heavy atom. The first-order valence-electron chi connectivity index (χ1n) is 10.2. The van der Waals surface area contributed by atoms with Crippen LogP contribution in [0.25, 0.3) is 0 Å². The van der Waals surface area contributed by atoms with Crippen molar-refractivity contribution >= 4 is 37.1 Å². The molecule has 3 rings (SSSR count). The molecule has 0 aromatic heterocycles. The molecule has 164 valence electrons. The lowest BCUT2D eigenvalue weighted by Crippen LogP contribution is -2.37. The molecular weight excluding hydrogens is 422 g/mol. The van der Waals surface area contributed by atoms with E-state index in [9.17, 15) is 16.8 Å². The van der Waals surface area contributed by atoms with Crippen molar-refractivity contribution in [2.24, 2.45) is 0 Å². The van der Waals surface area contributed by atoms with Gasteiger partial charge >= 0.3 is 0 Å². The average Bonchev–Trinajstić information content (AvgIpc) is 2.69. The number of sulfonamides is 2. The number of hydrogen-bond donors (Lipinski definition) is 1. The van der Waals surface area contributed by atoms with E-state index < -0.39 is 20.0 Å². The molecule has 0 spiro atoms. The highest BCUT2D eigenvalue weighted by atomic mass is 32.2. The summed E-state index contributed by atoms with van der Waals surface area (Å²) in [6.45, 7) is 7.99. The number of nitrogens with zero attached hydrogens (tertiary/aromatic N) is 2. The van der Waals surface area contributed by atoms with Gasteiger partial charge in [0.2, 0.25) is 10.0 Å². The second-order valence-electron chi connectivity index (χ2n) is 7.37. The Morgan fingerprint density at radius 2 is 1.70 bits per heavy atom. The summed E-state index contributed by atoms with van der Waals surface area (Å²) in [6, 6.07) is 11.9. The predicted octanol–water partition coefficient (Wildman–Crippen LogP) is 3.57. The van der Waals surface area contributed by atoms with Crippen LogP contribution in [-0.2, 0) is 20.0 Å². The lowest BCUT2D eigenvalue weighted by Gasteiger charge is -2.28. The summed E-state index contributed by atoms with van der Waals surface area (Å²) < 4.78 is 54.5. The van der Waals surface area contributed by atoms with E-state index in [-0.39, 0.29) is 10.6 Å². The van der Waals surface area contributed by atoms with Gasteiger partial charge < -0.3 is 4.90 Å². The van der Waals surface area contributed by atoms with Crippen LogP contribution < -0.4 is 13.9 Å². The van der Waals surface area contributed by atoms with Crippen LogP contribution in [0.2, 0.25) is 0 Å². The van der Waals surface area contributed by atoms with Crippen molar-refractivity contribution in [2.45, 2.75) is 38.5 Å². The molecule has 0 unspecified atom stereocenters. The third-order valence-corrected chi connectivity index (χ3v) is 8.74. The molecule has 0 bridgehead atoms. The number of hydrogen-bond acceptors (Lipinski definition) is 5. The quantitative estimate of drug-likeness (QED) is 0.695. The maximum atomic E-state index is 12.9. The van der Waals surface area contributed by atoms with Crippen LogP contribution in [0.1, 0.15) is 32.3 Å². The van der Waals surface area contributed by atoms with E-state index in [0.29, 0.717) is 29.9 Å². The Balaban J connectivity index is 1.82. The molecule has 0 radical (unpaired) electrons. The minimum atomic E-state index is -3.80. The molecule has 0 atom stereocenters. The smallest absolute Gasteiger partial charge is 0.262 e. The van der Waals surface area contributed by atoms with E-state index in [0.717, 1.165) is 25.2 Å². The molecule has 0 aliphatic carbocycles. The second-order valence-corrected chi connectivity index (χ2v) is 11.0. The van der Waals surface area contributed by atoms with Gasteiger partial charge in [-0.3, -0.25) is 9.03 Å². The van der Waals surface area contributed by atoms with Gasteiger partial charge in [-0.05, 0) is 81.6 Å². The summed E-state index contributed by atoms with van der Waals surface area (Å²) in [7, 11) is -7.14. The molecule has 1 N–H and O–H groups in total. The first-order valence-corrected chi connectivity index (χ1v) is 13.3. The first-order chi connectivity index (χ1) is 14.2. The van der Waals surface area contributed by atoms with Gasteiger partial charge in [0.1, 0.15) is 0 Å². The van der Waals surface area contributed by atoms with Gasteiger partial charge in [-0.25, -0.2) is 16.8 Å². The van der Waals surface area contributed by atoms with E-state index in [4.69, 9.17) is 0 Å². The minimum absolute atomic E-state index is 0.122. The number of nitrogens with one attached hydrogen (secondary N) is 1. The molecule has 1 saturated heterocycles. The molecule has 2 aromatic rings. The lowest BCUT2D eigenvalue weighted by molar-refractivity contribution is 0.574. The minimum Gasteiger partial charge on any atom is -0.372 e.